The monoisotopic (exact) mass is 628 g/mol. The third-order valence-electron chi connectivity index (χ3n) is 6.59. The number of carbonyl (C=O) groups is 1. The molecule has 1 aromatic heterocycles. The van der Waals surface area contributed by atoms with Crippen molar-refractivity contribution in [3.05, 3.63) is 99.3 Å². The fourth-order valence-electron chi connectivity index (χ4n) is 4.42. The molecule has 9 nitrogen and oxygen atoms in total. The summed E-state index contributed by atoms with van der Waals surface area (Å²) in [6.45, 7) is 5.17. The van der Waals surface area contributed by atoms with Crippen LogP contribution in [0.15, 0.2) is 76.7 Å². The molecule has 0 fully saturated rings. The van der Waals surface area contributed by atoms with Crippen molar-refractivity contribution in [1.29, 1.82) is 0 Å². The second kappa shape index (κ2) is 12.9. The Kier molecular flexibility index (Phi) is 9.50. The molecule has 0 saturated carbocycles. The third kappa shape index (κ3) is 6.41. The summed E-state index contributed by atoms with van der Waals surface area (Å²) < 4.78 is 41.0. The van der Waals surface area contributed by atoms with E-state index in [0.29, 0.717) is 21.5 Å². The summed E-state index contributed by atoms with van der Waals surface area (Å²) in [6.07, 6.45) is 1.49. The highest BCUT2D eigenvalue weighted by molar-refractivity contribution is 7.92. The van der Waals surface area contributed by atoms with Crippen LogP contribution in [0.5, 0.6) is 11.5 Å². The van der Waals surface area contributed by atoms with Crippen LogP contribution in [-0.2, 0) is 14.8 Å². The second-order valence-electron chi connectivity index (χ2n) is 9.39. The second-order valence-corrected chi connectivity index (χ2v) is 12.0. The summed E-state index contributed by atoms with van der Waals surface area (Å²) in [5.74, 6) is -0.0156. The number of hydrogen-bond acceptors (Lipinski definition) is 6. The highest BCUT2D eigenvalue weighted by Crippen LogP contribution is 2.33. The summed E-state index contributed by atoms with van der Waals surface area (Å²) in [6, 6.07) is 18.3. The lowest BCUT2D eigenvalue weighted by Crippen LogP contribution is -2.39. The van der Waals surface area contributed by atoms with Crippen molar-refractivity contribution in [2.75, 3.05) is 25.1 Å². The first-order valence-electron chi connectivity index (χ1n) is 12.7. The zero-order valence-corrected chi connectivity index (χ0v) is 26.0. The summed E-state index contributed by atoms with van der Waals surface area (Å²) in [5.41, 5.74) is 6.86. The van der Waals surface area contributed by atoms with Crippen molar-refractivity contribution in [1.82, 2.24) is 9.99 Å². The Morgan fingerprint density at radius 3 is 2.33 bits per heavy atom. The van der Waals surface area contributed by atoms with E-state index in [4.69, 9.17) is 32.7 Å². The minimum absolute atomic E-state index is 0.0656. The third-order valence-corrected chi connectivity index (χ3v) is 9.17. The molecule has 220 valence electrons. The molecular weight excluding hydrogens is 599 g/mol. The van der Waals surface area contributed by atoms with Gasteiger partial charge in [-0.15, -0.1) is 0 Å². The molecule has 3 aromatic carbocycles. The van der Waals surface area contributed by atoms with E-state index in [1.807, 2.05) is 43.5 Å². The number of nitrogens with one attached hydrogen (secondary N) is 1. The van der Waals surface area contributed by atoms with E-state index in [1.54, 1.807) is 30.3 Å². The minimum Gasteiger partial charge on any atom is -0.493 e. The maximum Gasteiger partial charge on any atom is 0.264 e. The van der Waals surface area contributed by atoms with Crippen LogP contribution in [0.25, 0.3) is 5.69 Å². The number of methoxy groups -OCH3 is 2. The lowest BCUT2D eigenvalue weighted by molar-refractivity contribution is -0.119. The number of nitrogens with zero attached hydrogens (tertiary/aromatic N) is 3. The smallest absolute Gasteiger partial charge is 0.264 e. The van der Waals surface area contributed by atoms with E-state index in [2.05, 4.69) is 10.5 Å². The Hall–Kier alpha value is -3.99. The number of anilines is 1. The van der Waals surface area contributed by atoms with Crippen molar-refractivity contribution in [3.8, 4) is 17.2 Å². The molecule has 4 aromatic rings. The summed E-state index contributed by atoms with van der Waals surface area (Å²) in [7, 11) is -1.31. The lowest BCUT2D eigenvalue weighted by atomic mass is 10.2. The average Bonchev–Trinajstić information content (AvgIpc) is 3.25. The van der Waals surface area contributed by atoms with Crippen molar-refractivity contribution in [3.63, 3.8) is 0 Å². The van der Waals surface area contributed by atoms with Crippen molar-refractivity contribution in [2.24, 2.45) is 5.10 Å². The van der Waals surface area contributed by atoms with Crippen LogP contribution in [0, 0.1) is 20.8 Å². The Morgan fingerprint density at radius 2 is 1.67 bits per heavy atom. The van der Waals surface area contributed by atoms with E-state index in [0.717, 1.165) is 32.5 Å². The molecular formula is C30H30Cl2N4O5S. The van der Waals surface area contributed by atoms with Gasteiger partial charge in [-0.3, -0.25) is 9.10 Å². The molecule has 1 heterocycles. The predicted octanol–water partition coefficient (Wildman–Crippen LogP) is 6.07. The Bertz CT molecular complexity index is 1750. The average molecular weight is 630 g/mol. The number of carbonyl (C=O) groups excluding carboxylic acids is 1. The van der Waals surface area contributed by atoms with Crippen LogP contribution in [0.4, 0.5) is 5.69 Å². The first-order chi connectivity index (χ1) is 20.0. The van der Waals surface area contributed by atoms with Gasteiger partial charge in [0, 0.05) is 23.0 Å². The van der Waals surface area contributed by atoms with E-state index >= 15 is 0 Å². The van der Waals surface area contributed by atoms with Gasteiger partial charge in [-0.05, 0) is 63.2 Å². The molecule has 0 aliphatic carbocycles. The van der Waals surface area contributed by atoms with Crippen molar-refractivity contribution < 1.29 is 22.7 Å². The Labute approximate surface area is 255 Å². The molecule has 0 atom stereocenters. The van der Waals surface area contributed by atoms with Gasteiger partial charge >= 0.3 is 0 Å². The number of hydrogen-bond donors (Lipinski definition) is 1. The largest absolute Gasteiger partial charge is 0.493 e. The molecule has 0 radical (unpaired) electrons. The SMILES string of the molecule is COc1ccc(S(=O)(=O)N(CC(=O)N/N=C/c2cc(C)n(-c3cccc(Cl)c3Cl)c2C)c2ccc(C)cc2)cc1OC. The number of sulfonamides is 1. The maximum absolute atomic E-state index is 13.8. The van der Waals surface area contributed by atoms with Gasteiger partial charge in [0.25, 0.3) is 15.9 Å². The predicted molar refractivity (Wildman–Crippen MR) is 166 cm³/mol. The van der Waals surface area contributed by atoms with Crippen LogP contribution in [0.1, 0.15) is 22.5 Å². The number of aryl methyl sites for hydroxylation is 2. The number of benzene rings is 3. The molecule has 0 aliphatic rings. The fourth-order valence-corrected chi connectivity index (χ4v) is 6.24. The number of rotatable bonds is 10. The molecule has 42 heavy (non-hydrogen) atoms. The van der Waals surface area contributed by atoms with Crippen LogP contribution >= 0.6 is 23.2 Å². The summed E-state index contributed by atoms with van der Waals surface area (Å²) in [4.78, 5) is 13.0. The van der Waals surface area contributed by atoms with Crippen LogP contribution in [0.2, 0.25) is 10.0 Å². The van der Waals surface area contributed by atoms with Gasteiger partial charge in [-0.2, -0.15) is 5.10 Å². The molecule has 1 N–H and O–H groups in total. The number of halogens is 2. The van der Waals surface area contributed by atoms with Gasteiger partial charge in [0.2, 0.25) is 0 Å². The van der Waals surface area contributed by atoms with Gasteiger partial charge in [-0.1, -0.05) is 47.0 Å². The highest BCUT2D eigenvalue weighted by Gasteiger charge is 2.28. The molecule has 4 rings (SSSR count). The van der Waals surface area contributed by atoms with E-state index in [1.165, 1.54) is 38.6 Å². The molecule has 0 saturated heterocycles. The molecule has 0 spiro atoms. The van der Waals surface area contributed by atoms with E-state index in [-0.39, 0.29) is 10.6 Å². The first kappa shape index (κ1) is 31.0. The Balaban J connectivity index is 1.59. The van der Waals surface area contributed by atoms with Gasteiger partial charge in [0.15, 0.2) is 11.5 Å². The van der Waals surface area contributed by atoms with Crippen LogP contribution in [0.3, 0.4) is 0 Å². The zero-order chi connectivity index (χ0) is 30.6. The molecule has 0 bridgehead atoms. The standard InChI is InChI=1S/C30H30Cl2N4O5S/c1-19-9-11-23(12-10-19)35(42(38,39)24-13-14-27(40-4)28(16-24)41-5)18-29(37)34-33-17-22-15-20(2)36(21(22)3)26-8-6-7-25(31)30(26)32/h6-17H,18H2,1-5H3,(H,34,37)/b33-17+. The Morgan fingerprint density at radius 1 is 0.976 bits per heavy atom. The van der Waals surface area contributed by atoms with Crippen molar-refractivity contribution in [2.45, 2.75) is 25.7 Å². The van der Waals surface area contributed by atoms with Crippen LogP contribution < -0.4 is 19.2 Å². The lowest BCUT2D eigenvalue weighted by Gasteiger charge is -2.24. The normalized spacial score (nSPS) is 11.5. The topological polar surface area (TPSA) is 102 Å². The molecule has 1 amide bonds. The highest BCUT2D eigenvalue weighted by atomic mass is 35.5. The van der Waals surface area contributed by atoms with Gasteiger partial charge in [0.05, 0.1) is 46.7 Å². The van der Waals surface area contributed by atoms with E-state index in [9.17, 15) is 13.2 Å². The number of ether oxygens (including phenoxy) is 2. The van der Waals surface area contributed by atoms with E-state index < -0.39 is 22.5 Å². The molecule has 0 aliphatic heterocycles. The zero-order valence-electron chi connectivity index (χ0n) is 23.7. The number of aromatic nitrogens is 1. The molecule has 12 heteroatoms. The number of hydrazone groups is 1. The van der Waals surface area contributed by atoms with Gasteiger partial charge in [-0.25, -0.2) is 13.8 Å². The van der Waals surface area contributed by atoms with Crippen molar-refractivity contribution >= 4 is 51.0 Å². The van der Waals surface area contributed by atoms with Gasteiger partial charge in [0.1, 0.15) is 6.54 Å². The summed E-state index contributed by atoms with van der Waals surface area (Å²) >= 11 is 12.6. The van der Waals surface area contributed by atoms with Gasteiger partial charge < -0.3 is 14.0 Å². The molecule has 0 unspecified atom stereocenters. The summed E-state index contributed by atoms with van der Waals surface area (Å²) in [5, 5.41) is 4.96. The maximum atomic E-state index is 13.8. The quantitative estimate of drug-likeness (QED) is 0.170. The first-order valence-corrected chi connectivity index (χ1v) is 14.9. The number of amides is 1. The van der Waals surface area contributed by atoms with Crippen LogP contribution in [-0.4, -0.2) is 45.9 Å². The fraction of sp³-hybridized carbons (Fsp3) is 0.200. The minimum atomic E-state index is -4.19.